The van der Waals surface area contributed by atoms with Gasteiger partial charge in [-0.05, 0) is 66.6 Å². The van der Waals surface area contributed by atoms with Crippen molar-refractivity contribution in [2.24, 2.45) is 5.92 Å². The Morgan fingerprint density at radius 1 is 1.04 bits per heavy atom. The highest BCUT2D eigenvalue weighted by molar-refractivity contribution is 7.80. The quantitative estimate of drug-likeness (QED) is 0.491. The highest BCUT2D eigenvalue weighted by Crippen LogP contribution is 2.19. The molecule has 1 fully saturated rings. The van der Waals surface area contributed by atoms with Crippen LogP contribution in [0.25, 0.3) is 0 Å². The number of nitrogens with one attached hydrogen (secondary N) is 3. The van der Waals surface area contributed by atoms with Crippen LogP contribution < -0.4 is 16.2 Å². The minimum atomic E-state index is -0.509. The van der Waals surface area contributed by atoms with E-state index >= 15 is 0 Å². The van der Waals surface area contributed by atoms with Crippen LogP contribution in [-0.4, -0.2) is 46.2 Å². The summed E-state index contributed by atoms with van der Waals surface area (Å²) in [6, 6.07) is 0. The largest absolute Gasteiger partial charge is 0.444 e. The van der Waals surface area contributed by atoms with Gasteiger partial charge >= 0.3 is 6.09 Å². The maximum atomic E-state index is 12.2. The molecule has 0 aromatic heterocycles. The molecule has 0 atom stereocenters. The molecular weight excluding hydrogens is 328 g/mol. The minimum Gasteiger partial charge on any atom is -0.444 e. The molecule has 0 bridgehead atoms. The van der Waals surface area contributed by atoms with Gasteiger partial charge in [0.2, 0.25) is 5.91 Å². The zero-order chi connectivity index (χ0) is 18.5. The van der Waals surface area contributed by atoms with Gasteiger partial charge < -0.3 is 15.0 Å². The summed E-state index contributed by atoms with van der Waals surface area (Å²) in [4.78, 5) is 25.8. The first-order valence-corrected chi connectivity index (χ1v) is 8.64. The lowest BCUT2D eigenvalue weighted by Gasteiger charge is -2.33. The molecule has 0 aromatic rings. The number of hydrogen-bond acceptors (Lipinski definition) is 4. The summed E-state index contributed by atoms with van der Waals surface area (Å²) in [5.74, 6) is -0.259. The average molecular weight is 359 g/mol. The summed E-state index contributed by atoms with van der Waals surface area (Å²) in [5, 5.41) is 3.43. The molecule has 8 heteroatoms. The first-order valence-electron chi connectivity index (χ1n) is 8.23. The van der Waals surface area contributed by atoms with Crippen LogP contribution in [0.1, 0.15) is 54.4 Å². The Labute approximate surface area is 149 Å². The summed E-state index contributed by atoms with van der Waals surface area (Å²) in [5.41, 5.74) is 4.66. The highest BCUT2D eigenvalue weighted by Gasteiger charge is 2.30. The lowest BCUT2D eigenvalue weighted by atomic mass is 9.96. The lowest BCUT2D eigenvalue weighted by molar-refractivity contribution is -0.127. The van der Waals surface area contributed by atoms with Gasteiger partial charge in [-0.2, -0.15) is 0 Å². The second-order valence-corrected chi connectivity index (χ2v) is 8.47. The van der Waals surface area contributed by atoms with Crippen LogP contribution in [0.2, 0.25) is 0 Å². The van der Waals surface area contributed by atoms with Crippen molar-refractivity contribution < 1.29 is 14.3 Å². The van der Waals surface area contributed by atoms with Crippen molar-refractivity contribution in [2.45, 2.75) is 65.5 Å². The van der Waals surface area contributed by atoms with Crippen molar-refractivity contribution >= 4 is 29.3 Å². The lowest BCUT2D eigenvalue weighted by Crippen LogP contribution is -2.54. The Kier molecular flexibility index (Phi) is 6.83. The number of hydrazine groups is 1. The standard InChI is InChI=1S/C16H30N4O3S/c1-15(2,3)17-13(24)19-18-12(21)11-7-9-20(10-8-11)14(22)23-16(4,5)6/h11H,7-10H2,1-6H3,(H,18,21)(H2,17,19,24). The fraction of sp³-hybridized carbons (Fsp3) is 0.812. The van der Waals surface area contributed by atoms with Gasteiger partial charge in [-0.3, -0.25) is 15.6 Å². The number of likely N-dealkylation sites (tertiary alicyclic amines) is 1. The maximum Gasteiger partial charge on any atom is 0.410 e. The second-order valence-electron chi connectivity index (χ2n) is 8.06. The van der Waals surface area contributed by atoms with Crippen LogP contribution in [-0.2, 0) is 9.53 Å². The van der Waals surface area contributed by atoms with Crippen LogP contribution in [0.3, 0.4) is 0 Å². The first-order chi connectivity index (χ1) is 10.9. The molecule has 0 unspecified atom stereocenters. The van der Waals surface area contributed by atoms with Gasteiger partial charge in [-0.25, -0.2) is 4.79 Å². The van der Waals surface area contributed by atoms with Gasteiger partial charge in [0, 0.05) is 24.5 Å². The van der Waals surface area contributed by atoms with E-state index in [9.17, 15) is 9.59 Å². The molecule has 0 aromatic carbocycles. The van der Waals surface area contributed by atoms with Crippen LogP contribution >= 0.6 is 12.2 Å². The van der Waals surface area contributed by atoms with E-state index < -0.39 is 5.60 Å². The topological polar surface area (TPSA) is 82.7 Å². The summed E-state index contributed by atoms with van der Waals surface area (Å²) in [6.45, 7) is 12.5. The molecule has 138 valence electrons. The van der Waals surface area contributed by atoms with Gasteiger partial charge in [0.05, 0.1) is 0 Å². The van der Waals surface area contributed by atoms with Crippen LogP contribution in [0.5, 0.6) is 0 Å². The van der Waals surface area contributed by atoms with Crippen molar-refractivity contribution in [3.8, 4) is 0 Å². The zero-order valence-electron chi connectivity index (χ0n) is 15.5. The molecule has 0 radical (unpaired) electrons. The predicted octanol–water partition coefficient (Wildman–Crippen LogP) is 1.93. The Morgan fingerprint density at radius 2 is 1.58 bits per heavy atom. The molecule has 1 rings (SSSR count). The summed E-state index contributed by atoms with van der Waals surface area (Å²) >= 11 is 5.12. The number of carbonyl (C=O) groups is 2. The maximum absolute atomic E-state index is 12.2. The summed E-state index contributed by atoms with van der Waals surface area (Å²) in [7, 11) is 0. The molecule has 2 amide bonds. The van der Waals surface area contributed by atoms with Gasteiger partial charge in [0.15, 0.2) is 5.11 Å². The molecule has 7 nitrogen and oxygen atoms in total. The van der Waals surface area contributed by atoms with Crippen molar-refractivity contribution in [1.29, 1.82) is 0 Å². The monoisotopic (exact) mass is 358 g/mol. The number of carbonyl (C=O) groups excluding carboxylic acids is 2. The van der Waals surface area contributed by atoms with Crippen LogP contribution in [0, 0.1) is 5.92 Å². The van der Waals surface area contributed by atoms with Gasteiger partial charge in [0.25, 0.3) is 0 Å². The molecule has 0 saturated carbocycles. The number of ether oxygens (including phenoxy) is 1. The van der Waals surface area contributed by atoms with E-state index in [1.165, 1.54) is 0 Å². The van der Waals surface area contributed by atoms with Crippen molar-refractivity contribution in [3.63, 3.8) is 0 Å². The number of hydrogen-bond donors (Lipinski definition) is 3. The van der Waals surface area contributed by atoms with Gasteiger partial charge in [-0.15, -0.1) is 0 Å². The number of nitrogens with zero attached hydrogens (tertiary/aromatic N) is 1. The van der Waals surface area contributed by atoms with Crippen LogP contribution in [0.15, 0.2) is 0 Å². The van der Waals surface area contributed by atoms with Crippen LogP contribution in [0.4, 0.5) is 4.79 Å². The Hall–Kier alpha value is -1.57. The Bertz CT molecular complexity index is 475. The third-order valence-electron chi connectivity index (χ3n) is 3.31. The Balaban J connectivity index is 2.35. The molecule has 0 aliphatic carbocycles. The second kappa shape index (κ2) is 8.00. The smallest absolute Gasteiger partial charge is 0.410 e. The number of amides is 2. The van der Waals surface area contributed by atoms with E-state index in [1.807, 2.05) is 41.5 Å². The number of rotatable bonds is 1. The number of piperidine rings is 1. The average Bonchev–Trinajstić information content (AvgIpc) is 2.41. The van der Waals surface area contributed by atoms with Gasteiger partial charge in [-0.1, -0.05) is 0 Å². The van der Waals surface area contributed by atoms with Crippen molar-refractivity contribution in [1.82, 2.24) is 21.1 Å². The SMILES string of the molecule is CC(C)(C)NC(=S)NNC(=O)C1CCN(C(=O)OC(C)(C)C)CC1. The van der Waals surface area contributed by atoms with Crippen molar-refractivity contribution in [3.05, 3.63) is 0 Å². The van der Waals surface area contributed by atoms with E-state index in [1.54, 1.807) is 4.90 Å². The van der Waals surface area contributed by atoms with Crippen molar-refractivity contribution in [2.75, 3.05) is 13.1 Å². The molecular formula is C16H30N4O3S. The molecule has 24 heavy (non-hydrogen) atoms. The van der Waals surface area contributed by atoms with E-state index in [0.717, 1.165) is 0 Å². The van der Waals surface area contributed by atoms with E-state index in [0.29, 0.717) is 31.0 Å². The minimum absolute atomic E-state index is 0.114. The third kappa shape index (κ3) is 7.81. The fourth-order valence-corrected chi connectivity index (χ4v) is 2.60. The number of thiocarbonyl (C=S) groups is 1. The highest BCUT2D eigenvalue weighted by atomic mass is 32.1. The zero-order valence-corrected chi connectivity index (χ0v) is 16.3. The molecule has 1 aliphatic rings. The first kappa shape index (κ1) is 20.5. The Morgan fingerprint density at radius 3 is 2.04 bits per heavy atom. The third-order valence-corrected chi connectivity index (χ3v) is 3.51. The normalized spacial score (nSPS) is 16.3. The summed E-state index contributed by atoms with van der Waals surface area (Å²) < 4.78 is 5.35. The predicted molar refractivity (Wildman–Crippen MR) is 97.3 cm³/mol. The molecule has 3 N–H and O–H groups in total. The van der Waals surface area contributed by atoms with E-state index in [-0.39, 0.29) is 23.5 Å². The van der Waals surface area contributed by atoms with E-state index in [4.69, 9.17) is 17.0 Å². The molecule has 1 heterocycles. The molecule has 1 aliphatic heterocycles. The van der Waals surface area contributed by atoms with Gasteiger partial charge in [0.1, 0.15) is 5.60 Å². The molecule has 0 spiro atoms. The fourth-order valence-electron chi connectivity index (χ4n) is 2.24. The summed E-state index contributed by atoms with van der Waals surface area (Å²) in [6.07, 6.45) is 0.883. The van der Waals surface area contributed by atoms with E-state index in [2.05, 4.69) is 16.2 Å². The molecule has 1 saturated heterocycles.